The first-order valence-corrected chi connectivity index (χ1v) is 7.93. The number of hydrogen-bond acceptors (Lipinski definition) is 3. The van der Waals surface area contributed by atoms with Gasteiger partial charge in [-0.3, -0.25) is 0 Å². The van der Waals surface area contributed by atoms with Crippen LogP contribution >= 0.6 is 0 Å². The molecular formula is C15H16O3S. The van der Waals surface area contributed by atoms with E-state index in [-0.39, 0.29) is 0 Å². The van der Waals surface area contributed by atoms with Gasteiger partial charge in [0.2, 0.25) is 0 Å². The standard InChI is InChI=1S/C15H16O3S/c1-3-18-14-6-4-5-13(11-14)12-7-9-15(10-8-12)19(2,16)17/h4-11H,3H2,1-2H3. The van der Waals surface area contributed by atoms with Gasteiger partial charge in [-0.15, -0.1) is 0 Å². The van der Waals surface area contributed by atoms with Gasteiger partial charge in [0, 0.05) is 6.26 Å². The predicted octanol–water partition coefficient (Wildman–Crippen LogP) is 3.16. The Kier molecular flexibility index (Phi) is 3.90. The number of ether oxygens (including phenoxy) is 1. The van der Waals surface area contributed by atoms with Crippen molar-refractivity contribution in [1.82, 2.24) is 0 Å². The maximum atomic E-state index is 11.4. The lowest BCUT2D eigenvalue weighted by Crippen LogP contribution is -1.96. The second-order valence-electron chi connectivity index (χ2n) is 4.26. The van der Waals surface area contributed by atoms with Crippen molar-refractivity contribution >= 4 is 9.84 Å². The molecule has 0 saturated heterocycles. The van der Waals surface area contributed by atoms with Crippen molar-refractivity contribution in [2.75, 3.05) is 12.9 Å². The average Bonchev–Trinajstić information content (AvgIpc) is 2.39. The zero-order valence-electron chi connectivity index (χ0n) is 11.0. The highest BCUT2D eigenvalue weighted by Crippen LogP contribution is 2.25. The Morgan fingerprint density at radius 1 is 1.00 bits per heavy atom. The van der Waals surface area contributed by atoms with E-state index in [1.807, 2.05) is 31.2 Å². The highest BCUT2D eigenvalue weighted by Gasteiger charge is 2.07. The van der Waals surface area contributed by atoms with E-state index in [0.717, 1.165) is 16.9 Å². The van der Waals surface area contributed by atoms with E-state index in [2.05, 4.69) is 0 Å². The van der Waals surface area contributed by atoms with Gasteiger partial charge in [-0.2, -0.15) is 0 Å². The van der Waals surface area contributed by atoms with Crippen LogP contribution in [0.5, 0.6) is 5.75 Å². The number of benzene rings is 2. The molecule has 3 nitrogen and oxygen atoms in total. The van der Waals surface area contributed by atoms with Crippen LogP contribution in [0.2, 0.25) is 0 Å². The van der Waals surface area contributed by atoms with Crippen LogP contribution < -0.4 is 4.74 Å². The zero-order chi connectivity index (χ0) is 13.9. The molecule has 0 N–H and O–H groups in total. The molecule has 0 radical (unpaired) electrons. The Morgan fingerprint density at radius 3 is 2.26 bits per heavy atom. The molecule has 2 rings (SSSR count). The Balaban J connectivity index is 2.34. The summed E-state index contributed by atoms with van der Waals surface area (Å²) in [6.45, 7) is 2.56. The smallest absolute Gasteiger partial charge is 0.175 e. The van der Waals surface area contributed by atoms with Crippen LogP contribution in [-0.4, -0.2) is 21.3 Å². The van der Waals surface area contributed by atoms with Gasteiger partial charge < -0.3 is 4.74 Å². The van der Waals surface area contributed by atoms with Gasteiger partial charge in [0.1, 0.15) is 5.75 Å². The van der Waals surface area contributed by atoms with Crippen molar-refractivity contribution in [3.63, 3.8) is 0 Å². The Bertz CT molecular complexity index is 658. The third-order valence-corrected chi connectivity index (χ3v) is 3.89. The van der Waals surface area contributed by atoms with E-state index >= 15 is 0 Å². The fourth-order valence-corrected chi connectivity index (χ4v) is 2.46. The third kappa shape index (κ3) is 3.35. The first-order valence-electron chi connectivity index (χ1n) is 6.04. The zero-order valence-corrected chi connectivity index (χ0v) is 11.8. The van der Waals surface area contributed by atoms with Crippen LogP contribution in [0.15, 0.2) is 53.4 Å². The minimum absolute atomic E-state index is 0.331. The molecule has 0 aliphatic rings. The fraction of sp³-hybridized carbons (Fsp3) is 0.200. The van der Waals surface area contributed by atoms with Crippen LogP contribution in [0.1, 0.15) is 6.92 Å². The summed E-state index contributed by atoms with van der Waals surface area (Å²) < 4.78 is 28.3. The molecule has 0 bridgehead atoms. The quantitative estimate of drug-likeness (QED) is 0.861. The molecule has 0 heterocycles. The van der Waals surface area contributed by atoms with Gasteiger partial charge in [0.25, 0.3) is 0 Å². The van der Waals surface area contributed by atoms with Gasteiger partial charge in [-0.1, -0.05) is 24.3 Å². The fourth-order valence-electron chi connectivity index (χ4n) is 1.83. The molecule has 0 spiro atoms. The van der Waals surface area contributed by atoms with Crippen molar-refractivity contribution in [2.45, 2.75) is 11.8 Å². The summed E-state index contributed by atoms with van der Waals surface area (Å²) in [7, 11) is -3.14. The summed E-state index contributed by atoms with van der Waals surface area (Å²) in [5, 5.41) is 0. The van der Waals surface area contributed by atoms with Crippen LogP contribution in [0.3, 0.4) is 0 Å². The van der Waals surface area contributed by atoms with Crippen LogP contribution in [-0.2, 0) is 9.84 Å². The maximum Gasteiger partial charge on any atom is 0.175 e. The van der Waals surface area contributed by atoms with Crippen LogP contribution in [0.4, 0.5) is 0 Å². The minimum atomic E-state index is -3.14. The SMILES string of the molecule is CCOc1cccc(-c2ccc(S(C)(=O)=O)cc2)c1. The maximum absolute atomic E-state index is 11.4. The number of rotatable bonds is 4. The van der Waals surface area contributed by atoms with Gasteiger partial charge in [0.15, 0.2) is 9.84 Å². The molecule has 4 heteroatoms. The topological polar surface area (TPSA) is 43.4 Å². The summed E-state index contributed by atoms with van der Waals surface area (Å²) in [6.07, 6.45) is 1.21. The second-order valence-corrected chi connectivity index (χ2v) is 6.27. The van der Waals surface area contributed by atoms with Crippen LogP contribution in [0.25, 0.3) is 11.1 Å². The monoisotopic (exact) mass is 276 g/mol. The average molecular weight is 276 g/mol. The van der Waals surface area contributed by atoms with E-state index in [1.165, 1.54) is 6.26 Å². The Labute approximate surface area is 113 Å². The summed E-state index contributed by atoms with van der Waals surface area (Å²) in [4.78, 5) is 0.331. The lowest BCUT2D eigenvalue weighted by molar-refractivity contribution is 0.340. The summed E-state index contributed by atoms with van der Waals surface area (Å²) in [5.74, 6) is 0.812. The molecule has 0 amide bonds. The van der Waals surface area contributed by atoms with Crippen molar-refractivity contribution in [2.24, 2.45) is 0 Å². The van der Waals surface area contributed by atoms with Crippen LogP contribution in [0, 0.1) is 0 Å². The molecule has 100 valence electrons. The molecule has 2 aromatic rings. The summed E-state index contributed by atoms with van der Waals surface area (Å²) >= 11 is 0. The van der Waals surface area contributed by atoms with Gasteiger partial charge in [-0.05, 0) is 42.3 Å². The second kappa shape index (κ2) is 5.45. The van der Waals surface area contributed by atoms with Crippen molar-refractivity contribution in [3.05, 3.63) is 48.5 Å². The van der Waals surface area contributed by atoms with Gasteiger partial charge in [0.05, 0.1) is 11.5 Å². The van der Waals surface area contributed by atoms with Gasteiger partial charge in [-0.25, -0.2) is 8.42 Å². The predicted molar refractivity (Wildman–Crippen MR) is 76.2 cm³/mol. The highest BCUT2D eigenvalue weighted by molar-refractivity contribution is 7.90. The first kappa shape index (κ1) is 13.6. The molecule has 0 fully saturated rings. The van der Waals surface area contributed by atoms with E-state index in [9.17, 15) is 8.42 Å². The molecule has 0 aliphatic heterocycles. The molecule has 2 aromatic carbocycles. The number of sulfone groups is 1. The molecule has 0 unspecified atom stereocenters. The molecular weight excluding hydrogens is 260 g/mol. The lowest BCUT2D eigenvalue weighted by Gasteiger charge is -2.07. The largest absolute Gasteiger partial charge is 0.494 e. The van der Waals surface area contributed by atoms with E-state index in [0.29, 0.717) is 11.5 Å². The molecule has 0 atom stereocenters. The minimum Gasteiger partial charge on any atom is -0.494 e. The summed E-state index contributed by atoms with van der Waals surface area (Å²) in [6, 6.07) is 14.6. The number of hydrogen-bond donors (Lipinski definition) is 0. The Hall–Kier alpha value is -1.81. The lowest BCUT2D eigenvalue weighted by atomic mass is 10.1. The molecule has 0 saturated carbocycles. The first-order chi connectivity index (χ1) is 9.00. The summed E-state index contributed by atoms with van der Waals surface area (Å²) in [5.41, 5.74) is 1.97. The van der Waals surface area contributed by atoms with E-state index in [1.54, 1.807) is 24.3 Å². The van der Waals surface area contributed by atoms with Crippen molar-refractivity contribution in [3.8, 4) is 16.9 Å². The third-order valence-electron chi connectivity index (χ3n) is 2.76. The molecule has 0 aliphatic carbocycles. The molecule has 0 aromatic heterocycles. The van der Waals surface area contributed by atoms with Crippen molar-refractivity contribution in [1.29, 1.82) is 0 Å². The van der Waals surface area contributed by atoms with E-state index in [4.69, 9.17) is 4.74 Å². The van der Waals surface area contributed by atoms with E-state index < -0.39 is 9.84 Å². The Morgan fingerprint density at radius 2 is 1.68 bits per heavy atom. The highest BCUT2D eigenvalue weighted by atomic mass is 32.2. The van der Waals surface area contributed by atoms with Gasteiger partial charge >= 0.3 is 0 Å². The van der Waals surface area contributed by atoms with Crippen molar-refractivity contribution < 1.29 is 13.2 Å². The molecule has 19 heavy (non-hydrogen) atoms. The normalized spacial score (nSPS) is 11.3.